The maximum absolute atomic E-state index is 14.9. The Morgan fingerprint density at radius 1 is 1.05 bits per heavy atom. The van der Waals surface area contributed by atoms with Gasteiger partial charge in [0.25, 0.3) is 11.8 Å². The molecule has 0 atom stereocenters. The highest BCUT2D eigenvalue weighted by atomic mass is 19.3. The Hall–Kier alpha value is -5.00. The highest BCUT2D eigenvalue weighted by Crippen LogP contribution is 2.32. The van der Waals surface area contributed by atoms with Gasteiger partial charge >= 0.3 is 0 Å². The van der Waals surface area contributed by atoms with Crippen LogP contribution < -0.4 is 11.1 Å². The summed E-state index contributed by atoms with van der Waals surface area (Å²) < 4.78 is 60.8. The molecule has 1 saturated heterocycles. The SMILES string of the molecule is Nc1ccc(/C=C/C(=O)NCc2cnc(-c3ccc(-c4ccc(C(=O)N5CC(F)(F)C5)cc4F)cc3CF)o2)cn1. The van der Waals surface area contributed by atoms with Crippen molar-refractivity contribution in [3.63, 3.8) is 0 Å². The summed E-state index contributed by atoms with van der Waals surface area (Å²) >= 11 is 0. The Morgan fingerprint density at radius 2 is 1.83 bits per heavy atom. The molecule has 1 fully saturated rings. The van der Waals surface area contributed by atoms with Crippen molar-refractivity contribution < 1.29 is 31.6 Å². The van der Waals surface area contributed by atoms with Gasteiger partial charge in [0, 0.05) is 29.0 Å². The Bertz CT molecular complexity index is 1630. The van der Waals surface area contributed by atoms with Crippen LogP contribution in [0.25, 0.3) is 28.7 Å². The molecule has 3 N–H and O–H groups in total. The smallest absolute Gasteiger partial charge is 0.282 e. The maximum Gasteiger partial charge on any atom is 0.282 e. The van der Waals surface area contributed by atoms with Crippen LogP contribution in [0.3, 0.4) is 0 Å². The van der Waals surface area contributed by atoms with Crippen molar-refractivity contribution in [2.45, 2.75) is 19.1 Å². The van der Waals surface area contributed by atoms with Crippen LogP contribution in [0.1, 0.15) is 27.2 Å². The zero-order chi connectivity index (χ0) is 29.1. The summed E-state index contributed by atoms with van der Waals surface area (Å²) in [6.45, 7) is -2.27. The first-order valence-corrected chi connectivity index (χ1v) is 12.4. The minimum absolute atomic E-state index is 0.0323. The van der Waals surface area contributed by atoms with Gasteiger partial charge in [-0.15, -0.1) is 0 Å². The highest BCUT2D eigenvalue weighted by Gasteiger charge is 2.46. The summed E-state index contributed by atoms with van der Waals surface area (Å²) in [5, 5.41) is 2.66. The third kappa shape index (κ3) is 6.26. The summed E-state index contributed by atoms with van der Waals surface area (Å²) in [6.07, 6.45) is 5.84. The van der Waals surface area contributed by atoms with Crippen molar-refractivity contribution in [1.82, 2.24) is 20.2 Å². The number of rotatable bonds is 8. The van der Waals surface area contributed by atoms with Crippen LogP contribution >= 0.6 is 0 Å². The molecule has 0 unspecified atom stereocenters. The lowest BCUT2D eigenvalue weighted by atomic mass is 9.97. The van der Waals surface area contributed by atoms with Gasteiger partial charge in [0.2, 0.25) is 11.8 Å². The molecule has 41 heavy (non-hydrogen) atoms. The van der Waals surface area contributed by atoms with E-state index in [1.807, 2.05) is 0 Å². The Labute approximate surface area is 231 Å². The Morgan fingerprint density at radius 3 is 2.51 bits per heavy atom. The molecule has 0 radical (unpaired) electrons. The van der Waals surface area contributed by atoms with Crippen LogP contribution in [0.2, 0.25) is 0 Å². The molecule has 12 heteroatoms. The zero-order valence-electron chi connectivity index (χ0n) is 21.4. The summed E-state index contributed by atoms with van der Waals surface area (Å²) in [7, 11) is 0. The average molecular weight is 566 g/mol. The van der Waals surface area contributed by atoms with E-state index in [0.717, 1.165) is 11.0 Å². The molecule has 210 valence electrons. The number of benzene rings is 2. The number of nitrogens with two attached hydrogens (primary N) is 1. The third-order valence-electron chi connectivity index (χ3n) is 6.37. The van der Waals surface area contributed by atoms with Crippen molar-refractivity contribution in [3.8, 4) is 22.6 Å². The molecular formula is C29H23F4N5O3. The largest absolute Gasteiger partial charge is 0.439 e. The number of anilines is 1. The lowest BCUT2D eigenvalue weighted by Crippen LogP contribution is -2.58. The number of alkyl halides is 3. The molecule has 0 aliphatic carbocycles. The molecule has 5 rings (SSSR count). The summed E-state index contributed by atoms with van der Waals surface area (Å²) in [4.78, 5) is 33.5. The van der Waals surface area contributed by atoms with Crippen molar-refractivity contribution in [2.24, 2.45) is 0 Å². The van der Waals surface area contributed by atoms with Crippen LogP contribution in [0.5, 0.6) is 0 Å². The first-order valence-electron chi connectivity index (χ1n) is 12.4. The number of carbonyl (C=O) groups excluding carboxylic acids is 2. The first kappa shape index (κ1) is 27.6. The second-order valence-corrected chi connectivity index (χ2v) is 9.42. The van der Waals surface area contributed by atoms with Crippen molar-refractivity contribution >= 4 is 23.7 Å². The molecule has 0 bridgehead atoms. The molecule has 2 aromatic carbocycles. The summed E-state index contributed by atoms with van der Waals surface area (Å²) in [5.74, 6) is -3.94. The highest BCUT2D eigenvalue weighted by molar-refractivity contribution is 5.95. The minimum atomic E-state index is -2.93. The van der Waals surface area contributed by atoms with Gasteiger partial charge in [-0.2, -0.15) is 0 Å². The van der Waals surface area contributed by atoms with Crippen LogP contribution in [0.15, 0.2) is 71.4 Å². The number of amides is 2. The molecule has 4 aromatic rings. The fourth-order valence-electron chi connectivity index (χ4n) is 4.24. The fourth-order valence-corrected chi connectivity index (χ4v) is 4.24. The monoisotopic (exact) mass is 565 g/mol. The van der Waals surface area contributed by atoms with E-state index in [4.69, 9.17) is 10.2 Å². The number of oxazole rings is 1. The van der Waals surface area contributed by atoms with Gasteiger partial charge in [-0.1, -0.05) is 12.1 Å². The number of likely N-dealkylation sites (tertiary alicyclic amines) is 1. The van der Waals surface area contributed by atoms with Gasteiger partial charge in [-0.25, -0.2) is 27.5 Å². The van der Waals surface area contributed by atoms with Gasteiger partial charge < -0.3 is 20.4 Å². The molecule has 8 nitrogen and oxygen atoms in total. The number of pyridine rings is 1. The van der Waals surface area contributed by atoms with E-state index in [1.54, 1.807) is 24.3 Å². The number of carbonyl (C=O) groups is 2. The van der Waals surface area contributed by atoms with Crippen LogP contribution in [-0.2, 0) is 18.0 Å². The van der Waals surface area contributed by atoms with E-state index in [1.165, 1.54) is 42.7 Å². The number of nitrogen functional groups attached to an aromatic ring is 1. The van der Waals surface area contributed by atoms with Crippen LogP contribution in [0, 0.1) is 5.82 Å². The van der Waals surface area contributed by atoms with E-state index in [9.17, 15) is 27.2 Å². The molecular weight excluding hydrogens is 542 g/mol. The number of aromatic nitrogens is 2. The van der Waals surface area contributed by atoms with E-state index in [-0.39, 0.29) is 35.0 Å². The number of nitrogens with zero attached hydrogens (tertiary/aromatic N) is 3. The second kappa shape index (κ2) is 11.2. The van der Waals surface area contributed by atoms with Gasteiger partial charge in [-0.3, -0.25) is 9.59 Å². The van der Waals surface area contributed by atoms with Crippen LogP contribution in [0.4, 0.5) is 23.4 Å². The summed E-state index contributed by atoms with van der Waals surface area (Å²) in [5.41, 5.74) is 7.15. The normalized spacial score (nSPS) is 14.2. The molecule has 1 aliphatic rings. The molecule has 3 heterocycles. The standard InChI is InChI=1S/C29H23F4N5O3/c30-11-20-9-18(22-5-4-19(10-24(22)31)28(40)38-15-29(32,33)16-38)3-6-23(20)27-37-14-21(41-27)13-36-26(39)8-2-17-1-7-25(34)35-12-17/h1-10,12,14H,11,13,15-16H2,(H2,34,35)(H,36,39)/b8-2+. The second-order valence-electron chi connectivity index (χ2n) is 9.42. The lowest BCUT2D eigenvalue weighted by Gasteiger charge is -2.38. The fraction of sp³-hybridized carbons (Fsp3) is 0.172. The topological polar surface area (TPSA) is 114 Å². The zero-order valence-corrected chi connectivity index (χ0v) is 21.4. The van der Waals surface area contributed by atoms with Gasteiger partial charge in [-0.05, 0) is 59.2 Å². The van der Waals surface area contributed by atoms with E-state index < -0.39 is 37.4 Å². The van der Waals surface area contributed by atoms with Crippen molar-refractivity contribution in [2.75, 3.05) is 18.8 Å². The third-order valence-corrected chi connectivity index (χ3v) is 6.37. The minimum Gasteiger partial charge on any atom is -0.439 e. The molecule has 0 spiro atoms. The van der Waals surface area contributed by atoms with Gasteiger partial charge in [0.1, 0.15) is 24.1 Å². The number of halogens is 4. The molecule has 2 aromatic heterocycles. The Kier molecular flexibility index (Phi) is 7.56. The number of hydrogen-bond donors (Lipinski definition) is 2. The van der Waals surface area contributed by atoms with Gasteiger partial charge in [0.05, 0.1) is 25.8 Å². The molecule has 2 amide bonds. The van der Waals surface area contributed by atoms with Crippen molar-refractivity contribution in [1.29, 1.82) is 0 Å². The number of nitrogens with one attached hydrogen (secondary N) is 1. The Balaban J connectivity index is 1.25. The van der Waals surface area contributed by atoms with E-state index in [0.29, 0.717) is 28.3 Å². The summed E-state index contributed by atoms with van der Waals surface area (Å²) in [6, 6.07) is 11.5. The predicted octanol–water partition coefficient (Wildman–Crippen LogP) is 5.02. The van der Waals surface area contributed by atoms with Crippen LogP contribution in [-0.4, -0.2) is 45.7 Å². The molecule has 0 saturated carbocycles. The lowest BCUT2D eigenvalue weighted by molar-refractivity contribution is -0.116. The van der Waals surface area contributed by atoms with Crippen molar-refractivity contribution in [3.05, 3.63) is 95.3 Å². The van der Waals surface area contributed by atoms with E-state index in [2.05, 4.69) is 15.3 Å². The number of hydrogen-bond acceptors (Lipinski definition) is 6. The predicted molar refractivity (Wildman–Crippen MR) is 143 cm³/mol. The maximum atomic E-state index is 14.9. The first-order chi connectivity index (χ1) is 19.6. The average Bonchev–Trinajstić information content (AvgIpc) is 3.42. The molecule has 1 aliphatic heterocycles. The van der Waals surface area contributed by atoms with E-state index >= 15 is 0 Å². The van der Waals surface area contributed by atoms with Gasteiger partial charge in [0.15, 0.2) is 0 Å². The quantitative estimate of drug-likeness (QED) is 0.229.